The molecule has 1 aromatic carbocycles. The largest absolute Gasteiger partial charge is 0.376 e. The Balaban J connectivity index is 1.54. The Morgan fingerprint density at radius 2 is 1.67 bits per heavy atom. The number of carbonyl (C=O) groups excluding carboxylic acids is 1. The molecular formula is C20H26N2OS. The maximum absolute atomic E-state index is 13.3. The first-order valence-corrected chi connectivity index (χ1v) is 9.59. The minimum atomic E-state index is -0.107. The van der Waals surface area contributed by atoms with Gasteiger partial charge in [-0.2, -0.15) is 0 Å². The first-order valence-electron chi connectivity index (χ1n) is 9.18. The molecule has 0 saturated heterocycles. The number of rotatable bonds is 5. The molecule has 0 amide bonds. The van der Waals surface area contributed by atoms with Crippen LogP contribution in [0.4, 0.5) is 0 Å². The zero-order chi connectivity index (χ0) is 16.7. The van der Waals surface area contributed by atoms with Gasteiger partial charge in [-0.15, -0.1) is 0 Å². The van der Waals surface area contributed by atoms with E-state index in [1.165, 1.54) is 19.3 Å². The van der Waals surface area contributed by atoms with E-state index in [4.69, 9.17) is 18.0 Å². The van der Waals surface area contributed by atoms with E-state index in [0.717, 1.165) is 42.6 Å². The minimum absolute atomic E-state index is 0.0559. The van der Waals surface area contributed by atoms with Crippen molar-refractivity contribution in [3.8, 4) is 0 Å². The average Bonchev–Trinajstić information content (AvgIpc) is 2.53. The number of Topliss-reactive ketones (excluding diaryl/α,β-unsaturated/α-hetero) is 1. The van der Waals surface area contributed by atoms with Crippen molar-refractivity contribution in [1.29, 1.82) is 0 Å². The Hall–Kier alpha value is -1.42. The van der Waals surface area contributed by atoms with Crippen molar-refractivity contribution in [1.82, 2.24) is 5.32 Å². The molecule has 4 bridgehead atoms. The predicted octanol–water partition coefficient (Wildman–Crippen LogP) is 3.74. The molecule has 1 unspecified atom stereocenters. The van der Waals surface area contributed by atoms with Gasteiger partial charge in [0.1, 0.15) is 5.78 Å². The normalized spacial score (nSPS) is 34.8. The number of nitrogens with one attached hydrogen (secondary N) is 1. The summed E-state index contributed by atoms with van der Waals surface area (Å²) in [5.41, 5.74) is 6.75. The summed E-state index contributed by atoms with van der Waals surface area (Å²) in [5.74, 6) is 2.80. The van der Waals surface area contributed by atoms with Crippen molar-refractivity contribution in [3.63, 3.8) is 0 Å². The predicted molar refractivity (Wildman–Crippen MR) is 99.3 cm³/mol. The Bertz CT molecular complexity index is 607. The van der Waals surface area contributed by atoms with Crippen molar-refractivity contribution in [2.45, 2.75) is 51.0 Å². The molecule has 5 rings (SSSR count). The fraction of sp³-hybridized carbons (Fsp3) is 0.600. The number of ketones is 1. The van der Waals surface area contributed by atoms with Crippen LogP contribution in [0.2, 0.25) is 0 Å². The van der Waals surface area contributed by atoms with E-state index in [1.54, 1.807) is 0 Å². The van der Waals surface area contributed by atoms with E-state index in [9.17, 15) is 4.79 Å². The summed E-state index contributed by atoms with van der Waals surface area (Å²) in [4.78, 5) is 13.3. The lowest BCUT2D eigenvalue weighted by Gasteiger charge is -2.56. The van der Waals surface area contributed by atoms with E-state index < -0.39 is 0 Å². The standard InChI is InChI=1S/C20H26N2OS/c21-19(24)22-17(16-4-2-1-3-5-16)9-18(23)20-10-13-6-14(11-20)8-15(7-13)12-20/h1-5,13-15,17H,6-12H2,(H3,21,22,24). The maximum Gasteiger partial charge on any atom is 0.164 e. The van der Waals surface area contributed by atoms with Crippen LogP contribution in [-0.4, -0.2) is 10.9 Å². The molecule has 1 aromatic rings. The van der Waals surface area contributed by atoms with Gasteiger partial charge < -0.3 is 11.1 Å². The van der Waals surface area contributed by atoms with Crippen LogP contribution in [-0.2, 0) is 4.79 Å². The topological polar surface area (TPSA) is 55.1 Å². The van der Waals surface area contributed by atoms with Gasteiger partial charge in [-0.3, -0.25) is 4.79 Å². The highest BCUT2D eigenvalue weighted by molar-refractivity contribution is 7.80. The third kappa shape index (κ3) is 2.97. The summed E-state index contributed by atoms with van der Waals surface area (Å²) in [6, 6.07) is 9.97. The lowest BCUT2D eigenvalue weighted by Crippen LogP contribution is -2.50. The second kappa shape index (κ2) is 6.14. The number of thiocarbonyl (C=S) groups is 1. The molecule has 0 radical (unpaired) electrons. The van der Waals surface area contributed by atoms with Gasteiger partial charge in [0.25, 0.3) is 0 Å². The number of nitrogens with two attached hydrogens (primary N) is 1. The Kier molecular flexibility index (Phi) is 4.11. The highest BCUT2D eigenvalue weighted by Crippen LogP contribution is 2.60. The Morgan fingerprint density at radius 3 is 2.17 bits per heavy atom. The lowest BCUT2D eigenvalue weighted by molar-refractivity contribution is -0.144. The van der Waals surface area contributed by atoms with Gasteiger partial charge in [0.2, 0.25) is 0 Å². The molecule has 0 aliphatic heterocycles. The van der Waals surface area contributed by atoms with Crippen LogP contribution in [0.3, 0.4) is 0 Å². The van der Waals surface area contributed by atoms with Gasteiger partial charge in [0, 0.05) is 11.8 Å². The second-order valence-electron chi connectivity index (χ2n) is 8.30. The monoisotopic (exact) mass is 342 g/mol. The van der Waals surface area contributed by atoms with Crippen LogP contribution in [0, 0.1) is 23.2 Å². The van der Waals surface area contributed by atoms with Crippen molar-refractivity contribution < 1.29 is 4.79 Å². The van der Waals surface area contributed by atoms with E-state index in [1.807, 2.05) is 30.3 Å². The molecular weight excluding hydrogens is 316 g/mol. The molecule has 3 nitrogen and oxygen atoms in total. The molecule has 4 saturated carbocycles. The van der Waals surface area contributed by atoms with Gasteiger partial charge in [-0.05, 0) is 74.1 Å². The van der Waals surface area contributed by atoms with Gasteiger partial charge in [-0.25, -0.2) is 0 Å². The zero-order valence-electron chi connectivity index (χ0n) is 14.0. The van der Waals surface area contributed by atoms with Gasteiger partial charge in [0.05, 0.1) is 6.04 Å². The average molecular weight is 343 g/mol. The summed E-state index contributed by atoms with van der Waals surface area (Å²) in [6.45, 7) is 0. The molecule has 4 aliphatic carbocycles. The van der Waals surface area contributed by atoms with Gasteiger partial charge in [-0.1, -0.05) is 30.3 Å². The SMILES string of the molecule is NC(=S)NC(CC(=O)C12CC3CC(CC(C3)C1)C2)c1ccccc1. The molecule has 3 N–H and O–H groups in total. The van der Waals surface area contributed by atoms with Crippen molar-refractivity contribution >= 4 is 23.1 Å². The minimum Gasteiger partial charge on any atom is -0.376 e. The first kappa shape index (κ1) is 16.1. The van der Waals surface area contributed by atoms with Crippen LogP contribution < -0.4 is 11.1 Å². The smallest absolute Gasteiger partial charge is 0.164 e. The highest BCUT2D eigenvalue weighted by Gasteiger charge is 2.54. The summed E-state index contributed by atoms with van der Waals surface area (Å²) >= 11 is 5.05. The van der Waals surface area contributed by atoms with Crippen LogP contribution >= 0.6 is 12.2 Å². The van der Waals surface area contributed by atoms with Crippen molar-refractivity contribution in [3.05, 3.63) is 35.9 Å². The summed E-state index contributed by atoms with van der Waals surface area (Å²) in [6.07, 6.45) is 7.93. The van der Waals surface area contributed by atoms with Crippen molar-refractivity contribution in [2.24, 2.45) is 28.9 Å². The molecule has 24 heavy (non-hydrogen) atoms. The summed E-state index contributed by atoms with van der Waals surface area (Å²) < 4.78 is 0. The third-order valence-electron chi connectivity index (χ3n) is 6.54. The molecule has 0 spiro atoms. The zero-order valence-corrected chi connectivity index (χ0v) is 14.9. The highest BCUT2D eigenvalue weighted by atomic mass is 32.1. The number of benzene rings is 1. The molecule has 4 aliphatic rings. The first-order chi connectivity index (χ1) is 11.5. The fourth-order valence-electron chi connectivity index (χ4n) is 5.96. The Labute approximate surface area is 149 Å². The third-order valence-corrected chi connectivity index (χ3v) is 6.66. The van der Waals surface area contributed by atoms with Crippen molar-refractivity contribution in [2.75, 3.05) is 0 Å². The molecule has 4 fully saturated rings. The summed E-state index contributed by atoms with van der Waals surface area (Å²) in [5, 5.41) is 3.41. The van der Waals surface area contributed by atoms with Crippen LogP contribution in [0.15, 0.2) is 30.3 Å². The van der Waals surface area contributed by atoms with Crippen LogP contribution in [0.1, 0.15) is 56.6 Å². The van der Waals surface area contributed by atoms with E-state index in [0.29, 0.717) is 12.2 Å². The molecule has 1 atom stereocenters. The maximum atomic E-state index is 13.3. The number of carbonyl (C=O) groups is 1. The molecule has 0 aromatic heterocycles. The molecule has 128 valence electrons. The molecule has 0 heterocycles. The van der Waals surface area contributed by atoms with Gasteiger partial charge >= 0.3 is 0 Å². The molecule has 4 heteroatoms. The number of hydrogen-bond donors (Lipinski definition) is 2. The lowest BCUT2D eigenvalue weighted by atomic mass is 9.48. The van der Waals surface area contributed by atoms with E-state index >= 15 is 0 Å². The quantitative estimate of drug-likeness (QED) is 0.801. The van der Waals surface area contributed by atoms with Crippen LogP contribution in [0.25, 0.3) is 0 Å². The second-order valence-corrected chi connectivity index (χ2v) is 8.74. The Morgan fingerprint density at radius 1 is 1.12 bits per heavy atom. The van der Waals surface area contributed by atoms with Crippen LogP contribution in [0.5, 0.6) is 0 Å². The fourth-order valence-corrected chi connectivity index (χ4v) is 6.11. The van der Waals surface area contributed by atoms with E-state index in [-0.39, 0.29) is 16.6 Å². The number of hydrogen-bond acceptors (Lipinski definition) is 2. The summed E-state index contributed by atoms with van der Waals surface area (Å²) in [7, 11) is 0. The van der Waals surface area contributed by atoms with E-state index in [2.05, 4.69) is 5.32 Å². The van der Waals surface area contributed by atoms with Gasteiger partial charge in [0.15, 0.2) is 5.11 Å².